The zero-order valence-corrected chi connectivity index (χ0v) is 12.6. The van der Waals surface area contributed by atoms with Gasteiger partial charge in [-0.05, 0) is 49.8 Å². The zero-order valence-electron chi connectivity index (χ0n) is 11.8. The summed E-state index contributed by atoms with van der Waals surface area (Å²) in [6.45, 7) is 4.38. The maximum absolute atomic E-state index is 6.38. The third kappa shape index (κ3) is 4.12. The van der Waals surface area contributed by atoms with Crippen molar-refractivity contribution in [2.45, 2.75) is 51.7 Å². The largest absolute Gasteiger partial charge is 0.489 e. The summed E-state index contributed by atoms with van der Waals surface area (Å²) in [6, 6.07) is 7.62. The molecule has 2 rings (SSSR count). The molecule has 1 aromatic rings. The second kappa shape index (κ2) is 6.62. The Morgan fingerprint density at radius 2 is 2.16 bits per heavy atom. The van der Waals surface area contributed by atoms with Gasteiger partial charge in [0.1, 0.15) is 11.9 Å². The van der Waals surface area contributed by atoms with Crippen molar-refractivity contribution in [3.8, 4) is 5.75 Å². The minimum absolute atomic E-state index is 0.0220. The quantitative estimate of drug-likeness (QED) is 0.895. The van der Waals surface area contributed by atoms with Gasteiger partial charge in [0.05, 0.1) is 0 Å². The number of rotatable bonds is 4. The van der Waals surface area contributed by atoms with Crippen LogP contribution in [0.1, 0.15) is 39.5 Å². The summed E-state index contributed by atoms with van der Waals surface area (Å²) >= 11 is 5.96. The first kappa shape index (κ1) is 14.7. The molecule has 1 aromatic carbocycles. The molecule has 1 aliphatic rings. The predicted molar refractivity (Wildman–Crippen MR) is 80.6 cm³/mol. The molecule has 0 aromatic heterocycles. The van der Waals surface area contributed by atoms with Gasteiger partial charge in [-0.2, -0.15) is 0 Å². The van der Waals surface area contributed by atoms with E-state index in [1.54, 1.807) is 0 Å². The molecule has 19 heavy (non-hydrogen) atoms. The average Bonchev–Trinajstić information content (AvgIpc) is 2.38. The molecule has 0 amide bonds. The topological polar surface area (TPSA) is 35.2 Å². The summed E-state index contributed by atoms with van der Waals surface area (Å²) in [5.74, 6) is 2.18. The average molecular weight is 282 g/mol. The van der Waals surface area contributed by atoms with Crippen molar-refractivity contribution >= 4 is 11.6 Å². The van der Waals surface area contributed by atoms with Gasteiger partial charge in [0.2, 0.25) is 0 Å². The Morgan fingerprint density at radius 1 is 1.37 bits per heavy atom. The van der Waals surface area contributed by atoms with E-state index in [-0.39, 0.29) is 12.1 Å². The highest BCUT2D eigenvalue weighted by molar-refractivity contribution is 6.30. The molecule has 0 heterocycles. The summed E-state index contributed by atoms with van der Waals surface area (Å²) in [7, 11) is 0. The Balaban J connectivity index is 1.93. The fraction of sp³-hybridized carbons (Fsp3) is 0.625. The van der Waals surface area contributed by atoms with Crippen molar-refractivity contribution in [2.75, 3.05) is 0 Å². The van der Waals surface area contributed by atoms with Gasteiger partial charge >= 0.3 is 0 Å². The second-order valence-corrected chi connectivity index (χ2v) is 6.33. The third-order valence-electron chi connectivity index (χ3n) is 4.18. The monoisotopic (exact) mass is 281 g/mol. The lowest BCUT2D eigenvalue weighted by Gasteiger charge is -2.34. The van der Waals surface area contributed by atoms with Gasteiger partial charge < -0.3 is 10.5 Å². The van der Waals surface area contributed by atoms with E-state index in [1.807, 2.05) is 24.3 Å². The van der Waals surface area contributed by atoms with Gasteiger partial charge in [0, 0.05) is 11.1 Å². The molecular weight excluding hydrogens is 258 g/mol. The maximum atomic E-state index is 6.38. The lowest BCUT2D eigenvalue weighted by Crippen LogP contribution is -2.44. The molecule has 0 spiro atoms. The molecule has 4 atom stereocenters. The van der Waals surface area contributed by atoms with Crippen LogP contribution < -0.4 is 10.5 Å². The Morgan fingerprint density at radius 3 is 2.84 bits per heavy atom. The van der Waals surface area contributed by atoms with Crippen LogP contribution in [0.3, 0.4) is 0 Å². The van der Waals surface area contributed by atoms with Crippen molar-refractivity contribution in [2.24, 2.45) is 17.6 Å². The highest BCUT2D eigenvalue weighted by Gasteiger charge is 2.28. The summed E-state index contributed by atoms with van der Waals surface area (Å²) in [5.41, 5.74) is 6.38. The molecule has 106 valence electrons. The number of hydrogen-bond acceptors (Lipinski definition) is 2. The van der Waals surface area contributed by atoms with Crippen LogP contribution in [0.25, 0.3) is 0 Å². The van der Waals surface area contributed by atoms with Crippen LogP contribution in [0, 0.1) is 11.8 Å². The lowest BCUT2D eigenvalue weighted by molar-refractivity contribution is 0.128. The molecule has 2 N–H and O–H groups in total. The zero-order chi connectivity index (χ0) is 13.8. The molecule has 1 aliphatic carbocycles. The Bertz CT molecular complexity index is 409. The van der Waals surface area contributed by atoms with Crippen molar-refractivity contribution in [1.29, 1.82) is 0 Å². The van der Waals surface area contributed by atoms with Crippen LogP contribution in [0.4, 0.5) is 0 Å². The van der Waals surface area contributed by atoms with Crippen molar-refractivity contribution in [3.63, 3.8) is 0 Å². The van der Waals surface area contributed by atoms with E-state index in [9.17, 15) is 0 Å². The van der Waals surface area contributed by atoms with Gasteiger partial charge in [-0.1, -0.05) is 37.4 Å². The third-order valence-corrected chi connectivity index (χ3v) is 4.42. The van der Waals surface area contributed by atoms with E-state index in [0.717, 1.165) is 11.7 Å². The van der Waals surface area contributed by atoms with E-state index in [4.69, 9.17) is 22.1 Å². The van der Waals surface area contributed by atoms with E-state index in [2.05, 4.69) is 13.8 Å². The van der Waals surface area contributed by atoms with Crippen LogP contribution in [0.15, 0.2) is 24.3 Å². The second-order valence-electron chi connectivity index (χ2n) is 5.89. The molecule has 0 bridgehead atoms. The molecular formula is C16H24ClNO. The molecule has 0 radical (unpaired) electrons. The predicted octanol–water partition coefficient (Wildman–Crippen LogP) is 4.26. The molecule has 1 saturated carbocycles. The normalized spacial score (nSPS) is 26.7. The smallest absolute Gasteiger partial charge is 0.121 e. The SMILES string of the molecule is CC1CCCC(C(N)C(C)Oc2cccc(Cl)c2)C1. The van der Waals surface area contributed by atoms with Crippen LogP contribution in [0.2, 0.25) is 5.02 Å². The van der Waals surface area contributed by atoms with E-state index < -0.39 is 0 Å². The molecule has 0 aliphatic heterocycles. The van der Waals surface area contributed by atoms with Crippen molar-refractivity contribution in [1.82, 2.24) is 0 Å². The number of nitrogens with two attached hydrogens (primary N) is 1. The van der Waals surface area contributed by atoms with E-state index in [0.29, 0.717) is 10.9 Å². The number of halogens is 1. The van der Waals surface area contributed by atoms with Crippen LogP contribution in [-0.4, -0.2) is 12.1 Å². The van der Waals surface area contributed by atoms with Gasteiger partial charge in [0.25, 0.3) is 0 Å². The summed E-state index contributed by atoms with van der Waals surface area (Å²) in [4.78, 5) is 0. The standard InChI is InChI=1S/C16H24ClNO/c1-11-5-3-6-13(9-11)16(18)12(2)19-15-8-4-7-14(17)10-15/h4,7-8,10-13,16H,3,5-6,9,18H2,1-2H3. The summed E-state index contributed by atoms with van der Waals surface area (Å²) < 4.78 is 5.94. The van der Waals surface area contributed by atoms with E-state index >= 15 is 0 Å². The minimum Gasteiger partial charge on any atom is -0.489 e. The number of ether oxygens (including phenoxy) is 1. The fourth-order valence-electron chi connectivity index (χ4n) is 3.05. The van der Waals surface area contributed by atoms with Crippen LogP contribution in [0.5, 0.6) is 5.75 Å². The van der Waals surface area contributed by atoms with Crippen LogP contribution in [-0.2, 0) is 0 Å². The summed E-state index contributed by atoms with van der Waals surface area (Å²) in [6.07, 6.45) is 5.11. The Hall–Kier alpha value is -0.730. The maximum Gasteiger partial charge on any atom is 0.121 e. The molecule has 3 heteroatoms. The molecule has 1 fully saturated rings. The van der Waals surface area contributed by atoms with Gasteiger partial charge in [-0.3, -0.25) is 0 Å². The first-order chi connectivity index (χ1) is 9.06. The van der Waals surface area contributed by atoms with Gasteiger partial charge in [-0.15, -0.1) is 0 Å². The molecule has 0 saturated heterocycles. The fourth-order valence-corrected chi connectivity index (χ4v) is 3.23. The van der Waals surface area contributed by atoms with E-state index in [1.165, 1.54) is 25.7 Å². The van der Waals surface area contributed by atoms with Gasteiger partial charge in [0.15, 0.2) is 0 Å². The van der Waals surface area contributed by atoms with Crippen LogP contribution >= 0.6 is 11.6 Å². The van der Waals surface area contributed by atoms with Crippen molar-refractivity contribution < 1.29 is 4.74 Å². The highest BCUT2D eigenvalue weighted by Crippen LogP contribution is 2.32. The minimum atomic E-state index is 0.0220. The van der Waals surface area contributed by atoms with Crippen molar-refractivity contribution in [3.05, 3.63) is 29.3 Å². The lowest BCUT2D eigenvalue weighted by atomic mass is 9.77. The number of benzene rings is 1. The van der Waals surface area contributed by atoms with Gasteiger partial charge in [-0.25, -0.2) is 0 Å². The summed E-state index contributed by atoms with van der Waals surface area (Å²) in [5, 5.41) is 0.699. The Labute approximate surface area is 121 Å². The number of hydrogen-bond donors (Lipinski definition) is 1. The highest BCUT2D eigenvalue weighted by atomic mass is 35.5. The first-order valence-electron chi connectivity index (χ1n) is 7.24. The molecule has 2 nitrogen and oxygen atoms in total. The molecule has 4 unspecified atom stereocenters. The first-order valence-corrected chi connectivity index (χ1v) is 7.62. The Kier molecular flexibility index (Phi) is 5.12.